The summed E-state index contributed by atoms with van der Waals surface area (Å²) in [6.45, 7) is 0. The van der Waals surface area contributed by atoms with Crippen molar-refractivity contribution in [3.8, 4) is 5.75 Å². The third kappa shape index (κ3) is 9.84. The van der Waals surface area contributed by atoms with Crippen molar-refractivity contribution in [2.24, 2.45) is 0 Å². The molecule has 1 aromatic rings. The standard InChI is InChI=1S/C19H32OS/c1-21-17-13-9-7-5-3-2-4-6-8-10-14-18-15-11-12-16-19(18)20/h11-12,15-16,20H,2-10,13-14,17H2,1H3. The molecule has 0 aliphatic rings. The number of rotatable bonds is 13. The smallest absolute Gasteiger partial charge is 0.118 e. The Bertz CT molecular complexity index is 351. The van der Waals surface area contributed by atoms with Crippen LogP contribution in [0.5, 0.6) is 5.75 Å². The van der Waals surface area contributed by atoms with Crippen LogP contribution in [0, 0.1) is 0 Å². The fraction of sp³-hybridized carbons (Fsp3) is 0.684. The Morgan fingerprint density at radius 2 is 1.29 bits per heavy atom. The molecule has 120 valence electrons. The second kappa shape index (κ2) is 13.1. The maximum Gasteiger partial charge on any atom is 0.118 e. The molecule has 0 amide bonds. The Labute approximate surface area is 135 Å². The molecule has 21 heavy (non-hydrogen) atoms. The number of aromatic hydroxyl groups is 1. The highest BCUT2D eigenvalue weighted by Gasteiger charge is 1.99. The number of unbranched alkanes of at least 4 members (excludes halogenated alkanes) is 9. The summed E-state index contributed by atoms with van der Waals surface area (Å²) in [5.41, 5.74) is 1.10. The molecule has 0 saturated heterocycles. The number of hydrogen-bond donors (Lipinski definition) is 1. The molecule has 1 N–H and O–H groups in total. The maximum atomic E-state index is 9.69. The molecule has 0 saturated carbocycles. The molecule has 0 aromatic heterocycles. The lowest BCUT2D eigenvalue weighted by atomic mass is 10.0. The minimum absolute atomic E-state index is 0.457. The zero-order valence-corrected chi connectivity index (χ0v) is 14.5. The van der Waals surface area contributed by atoms with Crippen LogP contribution in [-0.4, -0.2) is 17.1 Å². The summed E-state index contributed by atoms with van der Waals surface area (Å²) in [5.74, 6) is 1.79. The van der Waals surface area contributed by atoms with Gasteiger partial charge in [-0.15, -0.1) is 0 Å². The van der Waals surface area contributed by atoms with E-state index in [9.17, 15) is 5.11 Å². The van der Waals surface area contributed by atoms with Crippen molar-refractivity contribution in [1.82, 2.24) is 0 Å². The summed E-state index contributed by atoms with van der Waals surface area (Å²) in [6.07, 6.45) is 16.9. The van der Waals surface area contributed by atoms with Crippen molar-refractivity contribution in [2.75, 3.05) is 12.0 Å². The minimum Gasteiger partial charge on any atom is -0.508 e. The van der Waals surface area contributed by atoms with Gasteiger partial charge in [-0.1, -0.05) is 69.6 Å². The summed E-state index contributed by atoms with van der Waals surface area (Å²) in [4.78, 5) is 0. The lowest BCUT2D eigenvalue weighted by Gasteiger charge is -2.04. The van der Waals surface area contributed by atoms with Crippen LogP contribution in [0.25, 0.3) is 0 Å². The maximum absolute atomic E-state index is 9.69. The lowest BCUT2D eigenvalue weighted by Crippen LogP contribution is -1.87. The summed E-state index contributed by atoms with van der Waals surface area (Å²) < 4.78 is 0. The minimum atomic E-state index is 0.457. The van der Waals surface area contributed by atoms with Gasteiger partial charge in [0, 0.05) is 0 Å². The van der Waals surface area contributed by atoms with Gasteiger partial charge in [-0.05, 0) is 42.9 Å². The van der Waals surface area contributed by atoms with Crippen LogP contribution in [0.4, 0.5) is 0 Å². The van der Waals surface area contributed by atoms with E-state index >= 15 is 0 Å². The Balaban J connectivity index is 1.84. The highest BCUT2D eigenvalue weighted by atomic mass is 32.2. The summed E-state index contributed by atoms with van der Waals surface area (Å²) in [6, 6.07) is 7.72. The molecule has 0 aliphatic heterocycles. The fourth-order valence-electron chi connectivity index (χ4n) is 2.70. The molecule has 0 unspecified atom stereocenters. The Morgan fingerprint density at radius 3 is 1.86 bits per heavy atom. The lowest BCUT2D eigenvalue weighted by molar-refractivity contribution is 0.466. The number of thioether (sulfide) groups is 1. The quantitative estimate of drug-likeness (QED) is 0.438. The number of para-hydroxylation sites is 1. The van der Waals surface area contributed by atoms with Crippen LogP contribution in [0.1, 0.15) is 69.8 Å². The first-order valence-electron chi connectivity index (χ1n) is 8.60. The number of benzene rings is 1. The second-order valence-corrected chi connectivity index (χ2v) is 6.89. The van der Waals surface area contributed by atoms with E-state index in [0.717, 1.165) is 12.0 Å². The number of aryl methyl sites for hydroxylation is 1. The molecule has 0 bridgehead atoms. The van der Waals surface area contributed by atoms with Crippen molar-refractivity contribution < 1.29 is 5.11 Å². The van der Waals surface area contributed by atoms with Crippen LogP contribution in [-0.2, 0) is 6.42 Å². The first kappa shape index (κ1) is 18.4. The Kier molecular flexibility index (Phi) is 11.5. The van der Waals surface area contributed by atoms with E-state index < -0.39 is 0 Å². The number of phenols is 1. The van der Waals surface area contributed by atoms with Crippen molar-refractivity contribution in [2.45, 2.75) is 70.6 Å². The highest BCUT2D eigenvalue weighted by molar-refractivity contribution is 7.98. The molecule has 0 fully saturated rings. The molecule has 0 aliphatic carbocycles. The van der Waals surface area contributed by atoms with Crippen LogP contribution < -0.4 is 0 Å². The third-order valence-electron chi connectivity index (χ3n) is 4.04. The van der Waals surface area contributed by atoms with Gasteiger partial charge in [0.2, 0.25) is 0 Å². The first-order chi connectivity index (χ1) is 10.3. The predicted octanol–water partition coefficient (Wildman–Crippen LogP) is 6.20. The van der Waals surface area contributed by atoms with Crippen LogP contribution in [0.2, 0.25) is 0 Å². The second-order valence-electron chi connectivity index (χ2n) is 5.91. The van der Waals surface area contributed by atoms with Gasteiger partial charge in [0.15, 0.2) is 0 Å². The number of hydrogen-bond acceptors (Lipinski definition) is 2. The molecule has 0 spiro atoms. The van der Waals surface area contributed by atoms with Gasteiger partial charge >= 0.3 is 0 Å². The largest absolute Gasteiger partial charge is 0.508 e. The van der Waals surface area contributed by atoms with E-state index in [0.29, 0.717) is 5.75 Å². The summed E-state index contributed by atoms with van der Waals surface area (Å²) in [5, 5.41) is 9.69. The predicted molar refractivity (Wildman–Crippen MR) is 96.4 cm³/mol. The van der Waals surface area contributed by atoms with Crippen molar-refractivity contribution >= 4 is 11.8 Å². The monoisotopic (exact) mass is 308 g/mol. The SMILES string of the molecule is CSCCCCCCCCCCCCc1ccccc1O. The van der Waals surface area contributed by atoms with E-state index in [-0.39, 0.29) is 0 Å². The highest BCUT2D eigenvalue weighted by Crippen LogP contribution is 2.19. The summed E-state index contributed by atoms with van der Waals surface area (Å²) >= 11 is 1.96. The van der Waals surface area contributed by atoms with E-state index in [2.05, 4.69) is 6.26 Å². The van der Waals surface area contributed by atoms with Gasteiger partial charge in [-0.2, -0.15) is 11.8 Å². The zero-order chi connectivity index (χ0) is 15.2. The van der Waals surface area contributed by atoms with Gasteiger partial charge in [0.1, 0.15) is 5.75 Å². The normalized spacial score (nSPS) is 10.9. The van der Waals surface area contributed by atoms with Gasteiger partial charge in [0.05, 0.1) is 0 Å². The molecule has 0 heterocycles. The first-order valence-corrected chi connectivity index (χ1v) is 10.00. The third-order valence-corrected chi connectivity index (χ3v) is 4.73. The van der Waals surface area contributed by atoms with Crippen LogP contribution >= 0.6 is 11.8 Å². The molecule has 1 aromatic carbocycles. The zero-order valence-electron chi connectivity index (χ0n) is 13.7. The molecule has 2 heteroatoms. The molecule has 1 rings (SSSR count). The van der Waals surface area contributed by atoms with Gasteiger partial charge in [-0.3, -0.25) is 0 Å². The van der Waals surface area contributed by atoms with Gasteiger partial charge < -0.3 is 5.11 Å². The van der Waals surface area contributed by atoms with E-state index in [1.54, 1.807) is 6.07 Å². The van der Waals surface area contributed by atoms with Gasteiger partial charge in [-0.25, -0.2) is 0 Å². The molecule has 0 radical (unpaired) electrons. The fourth-order valence-corrected chi connectivity index (χ4v) is 3.19. The van der Waals surface area contributed by atoms with Crippen molar-refractivity contribution in [1.29, 1.82) is 0 Å². The topological polar surface area (TPSA) is 20.2 Å². The van der Waals surface area contributed by atoms with E-state index in [1.165, 1.54) is 70.0 Å². The molecule has 1 nitrogen and oxygen atoms in total. The molecular formula is C19H32OS. The van der Waals surface area contributed by atoms with Crippen LogP contribution in [0.15, 0.2) is 24.3 Å². The van der Waals surface area contributed by atoms with Crippen LogP contribution in [0.3, 0.4) is 0 Å². The van der Waals surface area contributed by atoms with Gasteiger partial charge in [0.25, 0.3) is 0 Å². The average Bonchev–Trinajstić information content (AvgIpc) is 2.50. The van der Waals surface area contributed by atoms with Crippen molar-refractivity contribution in [3.63, 3.8) is 0 Å². The van der Waals surface area contributed by atoms with Crippen molar-refractivity contribution in [3.05, 3.63) is 29.8 Å². The Morgan fingerprint density at radius 1 is 0.762 bits per heavy atom. The van der Waals surface area contributed by atoms with E-state index in [4.69, 9.17) is 0 Å². The van der Waals surface area contributed by atoms with E-state index in [1.807, 2.05) is 30.0 Å². The number of phenolic OH excluding ortho intramolecular Hbond substituents is 1. The summed E-state index contributed by atoms with van der Waals surface area (Å²) in [7, 11) is 0. The Hall–Kier alpha value is -0.630. The molecule has 0 atom stereocenters. The average molecular weight is 309 g/mol. The molecular weight excluding hydrogens is 276 g/mol.